The highest BCUT2D eigenvalue weighted by atomic mass is 35.5. The van der Waals surface area contributed by atoms with E-state index in [2.05, 4.69) is 0 Å². The summed E-state index contributed by atoms with van der Waals surface area (Å²) in [4.78, 5) is 1.33. The Balaban J connectivity index is 1.69. The molecule has 28 heavy (non-hydrogen) atoms. The van der Waals surface area contributed by atoms with Crippen LogP contribution in [0.3, 0.4) is 0 Å². The maximum atomic E-state index is 14.1. The number of anilines is 1. The number of benzene rings is 2. The smallest absolute Gasteiger partial charge is 0.151 e. The summed E-state index contributed by atoms with van der Waals surface area (Å²) in [6.45, 7) is -0.580. The number of ether oxygens (including phenoxy) is 1. The van der Waals surface area contributed by atoms with E-state index in [-0.39, 0.29) is 43.4 Å². The van der Waals surface area contributed by atoms with E-state index in [0.29, 0.717) is 16.3 Å². The topological polar surface area (TPSA) is 73.2 Å². The van der Waals surface area contributed by atoms with Gasteiger partial charge >= 0.3 is 0 Å². The quantitative estimate of drug-likeness (QED) is 0.675. The summed E-state index contributed by atoms with van der Waals surface area (Å²) in [7, 11) is 0. The van der Waals surface area contributed by atoms with Gasteiger partial charge in [-0.05, 0) is 42.3 Å². The molecule has 0 radical (unpaired) electrons. The Morgan fingerprint density at radius 1 is 1.18 bits per heavy atom. The van der Waals surface area contributed by atoms with Crippen LogP contribution in [0.15, 0.2) is 30.3 Å². The Labute approximate surface area is 170 Å². The van der Waals surface area contributed by atoms with Gasteiger partial charge < -0.3 is 25.0 Å². The third-order valence-corrected chi connectivity index (χ3v) is 5.39. The first kappa shape index (κ1) is 21.1. The zero-order valence-corrected chi connectivity index (χ0v) is 16.2. The van der Waals surface area contributed by atoms with Gasteiger partial charge in [-0.15, -0.1) is 0 Å². The third kappa shape index (κ3) is 4.34. The van der Waals surface area contributed by atoms with Crippen molar-refractivity contribution in [1.29, 1.82) is 0 Å². The zero-order chi connectivity index (χ0) is 20.5. The van der Waals surface area contributed by atoms with Crippen molar-refractivity contribution < 1.29 is 28.8 Å². The molecule has 0 aliphatic carbocycles. The van der Waals surface area contributed by atoms with Crippen molar-refractivity contribution in [3.8, 4) is 5.75 Å². The molecule has 0 bridgehead atoms. The van der Waals surface area contributed by atoms with Crippen molar-refractivity contribution in [1.82, 2.24) is 0 Å². The second-order valence-electron chi connectivity index (χ2n) is 6.73. The fourth-order valence-corrected chi connectivity index (χ4v) is 3.51. The second kappa shape index (κ2) is 8.39. The van der Waals surface area contributed by atoms with Crippen LogP contribution in [-0.4, -0.2) is 46.7 Å². The van der Waals surface area contributed by atoms with Crippen LogP contribution in [0.5, 0.6) is 5.75 Å². The van der Waals surface area contributed by atoms with Crippen molar-refractivity contribution in [2.24, 2.45) is 0 Å². The minimum atomic E-state index is -1.60. The average molecular weight is 434 g/mol. The van der Waals surface area contributed by atoms with E-state index in [1.165, 1.54) is 11.0 Å². The first-order valence-electron chi connectivity index (χ1n) is 8.55. The molecule has 3 rings (SSSR count). The molecule has 2 aromatic carbocycles. The summed E-state index contributed by atoms with van der Waals surface area (Å²) in [6.07, 6.45) is -1.28. The molecule has 0 spiro atoms. The van der Waals surface area contributed by atoms with Gasteiger partial charge in [0.15, 0.2) is 11.6 Å². The summed E-state index contributed by atoms with van der Waals surface area (Å²) in [5, 5.41) is 30.7. The third-order valence-electron chi connectivity index (χ3n) is 4.80. The van der Waals surface area contributed by atoms with Crippen LogP contribution in [0.4, 0.5) is 14.5 Å². The molecule has 1 saturated heterocycles. The van der Waals surface area contributed by atoms with Crippen molar-refractivity contribution in [2.75, 3.05) is 24.6 Å². The van der Waals surface area contributed by atoms with Gasteiger partial charge in [-0.2, -0.15) is 0 Å². The lowest BCUT2D eigenvalue weighted by Gasteiger charge is -2.42. The Hall–Kier alpha value is -1.64. The van der Waals surface area contributed by atoms with E-state index in [0.717, 1.165) is 12.1 Å². The van der Waals surface area contributed by atoms with Crippen molar-refractivity contribution in [3.63, 3.8) is 0 Å². The maximum absolute atomic E-state index is 14.1. The number of β-amino-alcohol motifs (C(OH)–C–C–N with tert-alkyl or cyclic N) is 1. The van der Waals surface area contributed by atoms with Gasteiger partial charge in [0.05, 0.1) is 6.61 Å². The molecule has 0 amide bonds. The highest BCUT2D eigenvalue weighted by molar-refractivity contribution is 6.31. The van der Waals surface area contributed by atoms with Gasteiger partial charge in [-0.3, -0.25) is 0 Å². The standard InChI is InChI=1S/C19H19Cl2F2NO4/c20-12-6-15(22)18(16(23)7-12)24-4-3-19(27,17(26)8-24)10-28-13-1-2-14(21)11(5-13)9-25/h1-2,5-7,17,25-27H,3-4,8-10H2/t17-,19-/m1/s1. The van der Waals surface area contributed by atoms with Gasteiger partial charge in [-0.1, -0.05) is 23.2 Å². The molecule has 3 N–H and O–H groups in total. The lowest BCUT2D eigenvalue weighted by atomic mass is 9.89. The lowest BCUT2D eigenvalue weighted by Crippen LogP contribution is -2.58. The summed E-state index contributed by atoms with van der Waals surface area (Å²) >= 11 is 11.6. The molecule has 2 aromatic rings. The normalized spacial score (nSPS) is 22.4. The number of hydrogen-bond donors (Lipinski definition) is 3. The Morgan fingerprint density at radius 3 is 2.46 bits per heavy atom. The molecule has 1 aliphatic rings. The van der Waals surface area contributed by atoms with Gasteiger partial charge in [0.1, 0.15) is 29.7 Å². The van der Waals surface area contributed by atoms with Gasteiger partial charge in [0.25, 0.3) is 0 Å². The number of halogens is 4. The Bertz CT molecular complexity index is 847. The molecule has 1 heterocycles. The number of rotatable bonds is 5. The lowest BCUT2D eigenvalue weighted by molar-refractivity contribution is -0.108. The van der Waals surface area contributed by atoms with Crippen LogP contribution in [0.25, 0.3) is 0 Å². The van der Waals surface area contributed by atoms with Crippen LogP contribution >= 0.6 is 23.2 Å². The molecule has 0 aromatic heterocycles. The molecule has 152 valence electrons. The number of aliphatic hydroxyl groups is 3. The summed E-state index contributed by atoms with van der Waals surface area (Å²) in [5.74, 6) is -1.31. The van der Waals surface area contributed by atoms with E-state index in [1.54, 1.807) is 12.1 Å². The monoisotopic (exact) mass is 433 g/mol. The molecule has 5 nitrogen and oxygen atoms in total. The molecule has 0 unspecified atom stereocenters. The zero-order valence-electron chi connectivity index (χ0n) is 14.7. The first-order chi connectivity index (χ1) is 13.2. The average Bonchev–Trinajstić information content (AvgIpc) is 2.63. The summed E-state index contributed by atoms with van der Waals surface area (Å²) in [5.41, 5.74) is -1.43. The first-order valence-corrected chi connectivity index (χ1v) is 9.31. The number of aliphatic hydroxyl groups excluding tert-OH is 2. The molecule has 9 heteroatoms. The fraction of sp³-hybridized carbons (Fsp3) is 0.368. The fourth-order valence-electron chi connectivity index (χ4n) is 3.14. The number of nitrogens with zero attached hydrogens (tertiary/aromatic N) is 1. The van der Waals surface area contributed by atoms with E-state index in [1.807, 2.05) is 0 Å². The highest BCUT2D eigenvalue weighted by Crippen LogP contribution is 2.33. The second-order valence-corrected chi connectivity index (χ2v) is 7.58. The minimum absolute atomic E-state index is 0.0239. The molecule has 1 fully saturated rings. The highest BCUT2D eigenvalue weighted by Gasteiger charge is 2.42. The Morgan fingerprint density at radius 2 is 1.86 bits per heavy atom. The van der Waals surface area contributed by atoms with Crippen LogP contribution < -0.4 is 9.64 Å². The van der Waals surface area contributed by atoms with Crippen LogP contribution in [0, 0.1) is 11.6 Å². The van der Waals surface area contributed by atoms with E-state index < -0.39 is 23.3 Å². The van der Waals surface area contributed by atoms with Crippen molar-refractivity contribution in [2.45, 2.75) is 24.7 Å². The van der Waals surface area contributed by atoms with Gasteiger partial charge in [0, 0.05) is 23.1 Å². The van der Waals surface area contributed by atoms with Gasteiger partial charge in [0.2, 0.25) is 0 Å². The van der Waals surface area contributed by atoms with E-state index >= 15 is 0 Å². The van der Waals surface area contributed by atoms with Gasteiger partial charge in [-0.25, -0.2) is 8.78 Å². The van der Waals surface area contributed by atoms with Crippen molar-refractivity contribution >= 4 is 28.9 Å². The van der Waals surface area contributed by atoms with E-state index in [4.69, 9.17) is 27.9 Å². The summed E-state index contributed by atoms with van der Waals surface area (Å²) < 4.78 is 33.8. The van der Waals surface area contributed by atoms with Crippen LogP contribution in [-0.2, 0) is 6.61 Å². The SMILES string of the molecule is OCc1cc(OC[C@]2(O)CCN(c3c(F)cc(Cl)cc3F)C[C@H]2O)ccc1Cl. The molecular weight excluding hydrogens is 415 g/mol. The molecular formula is C19H19Cl2F2NO4. The largest absolute Gasteiger partial charge is 0.490 e. The summed E-state index contributed by atoms with van der Waals surface area (Å²) in [6, 6.07) is 6.65. The molecule has 1 aliphatic heterocycles. The molecule has 0 saturated carbocycles. The predicted molar refractivity (Wildman–Crippen MR) is 102 cm³/mol. The van der Waals surface area contributed by atoms with Crippen LogP contribution in [0.1, 0.15) is 12.0 Å². The minimum Gasteiger partial charge on any atom is -0.490 e. The van der Waals surface area contributed by atoms with E-state index in [9.17, 15) is 24.1 Å². The maximum Gasteiger partial charge on any atom is 0.151 e. The Kier molecular flexibility index (Phi) is 6.31. The number of hydrogen-bond acceptors (Lipinski definition) is 5. The van der Waals surface area contributed by atoms with Crippen LogP contribution in [0.2, 0.25) is 10.0 Å². The predicted octanol–water partition coefficient (Wildman–Crippen LogP) is 3.15. The van der Waals surface area contributed by atoms with Crippen molar-refractivity contribution in [3.05, 3.63) is 57.6 Å². The number of piperidine rings is 1. The molecule has 2 atom stereocenters.